The SMILES string of the molecule is CC(C)CNC(=O)c1cc[n+](COC(=O)[N+]#CC(C)Cc2ccccc2)cc1. The highest BCUT2D eigenvalue weighted by molar-refractivity contribution is 5.93. The van der Waals surface area contributed by atoms with Crippen molar-refractivity contribution < 1.29 is 18.9 Å². The van der Waals surface area contributed by atoms with Crippen molar-refractivity contribution >= 4 is 12.0 Å². The van der Waals surface area contributed by atoms with Gasteiger partial charge in [-0.05, 0) is 24.8 Å². The van der Waals surface area contributed by atoms with E-state index in [-0.39, 0.29) is 18.6 Å². The number of hydrogen-bond acceptors (Lipinski definition) is 3. The molecule has 6 heteroatoms. The number of ether oxygens (including phenoxy) is 1. The molecule has 0 radical (unpaired) electrons. The highest BCUT2D eigenvalue weighted by Gasteiger charge is 2.18. The molecule has 2 amide bonds. The van der Waals surface area contributed by atoms with Crippen molar-refractivity contribution in [1.29, 1.82) is 0 Å². The van der Waals surface area contributed by atoms with Crippen LogP contribution < -0.4 is 9.88 Å². The van der Waals surface area contributed by atoms with Crippen LogP contribution in [0.4, 0.5) is 4.79 Å². The largest absolute Gasteiger partial charge is 0.733 e. The minimum absolute atomic E-state index is 0.00578. The topological polar surface area (TPSA) is 63.6 Å². The Morgan fingerprint density at radius 1 is 1.11 bits per heavy atom. The van der Waals surface area contributed by atoms with Gasteiger partial charge in [-0.3, -0.25) is 4.79 Å². The van der Waals surface area contributed by atoms with Gasteiger partial charge in [-0.1, -0.05) is 44.2 Å². The number of carbonyl (C=O) groups is 2. The third-order valence-electron chi connectivity index (χ3n) is 3.92. The molecule has 0 saturated carbocycles. The summed E-state index contributed by atoms with van der Waals surface area (Å²) in [6.07, 6.45) is 3.44. The first-order valence-electron chi connectivity index (χ1n) is 9.38. The fraction of sp³-hybridized carbons (Fsp3) is 0.364. The first kappa shape index (κ1) is 21.1. The zero-order valence-electron chi connectivity index (χ0n) is 16.6. The number of nitrogens with one attached hydrogen (secondary N) is 1. The molecule has 0 saturated heterocycles. The van der Waals surface area contributed by atoms with Gasteiger partial charge in [0.25, 0.3) is 12.0 Å². The predicted molar refractivity (Wildman–Crippen MR) is 107 cm³/mol. The molecule has 1 heterocycles. The lowest BCUT2D eigenvalue weighted by atomic mass is 10.0. The van der Waals surface area contributed by atoms with Gasteiger partial charge in [0.2, 0.25) is 0 Å². The summed E-state index contributed by atoms with van der Waals surface area (Å²) >= 11 is 0. The number of nitrogens with zero attached hydrogens (tertiary/aromatic N) is 2. The van der Waals surface area contributed by atoms with Crippen LogP contribution in [0.1, 0.15) is 36.7 Å². The Labute approximate surface area is 166 Å². The maximum absolute atomic E-state index is 12.0. The summed E-state index contributed by atoms with van der Waals surface area (Å²) in [5.41, 5.74) is 1.73. The highest BCUT2D eigenvalue weighted by atomic mass is 16.6. The second-order valence-corrected chi connectivity index (χ2v) is 7.08. The summed E-state index contributed by atoms with van der Waals surface area (Å²) in [6, 6.07) is 16.1. The molecule has 1 N–H and O–H groups in total. The van der Waals surface area contributed by atoms with E-state index in [1.165, 1.54) is 5.56 Å². The Balaban J connectivity index is 1.79. The van der Waals surface area contributed by atoms with Crippen molar-refractivity contribution in [3.05, 3.63) is 70.8 Å². The van der Waals surface area contributed by atoms with Crippen LogP contribution in [0.25, 0.3) is 4.85 Å². The van der Waals surface area contributed by atoms with Crippen LogP contribution in [-0.4, -0.2) is 18.5 Å². The van der Waals surface area contributed by atoms with Crippen molar-refractivity contribution in [2.24, 2.45) is 11.8 Å². The Bertz CT molecular complexity index is 837. The molecular weight excluding hydrogens is 354 g/mol. The van der Waals surface area contributed by atoms with Gasteiger partial charge in [0, 0.05) is 18.7 Å². The number of pyridine rings is 1. The van der Waals surface area contributed by atoms with Crippen molar-refractivity contribution in [3.63, 3.8) is 0 Å². The van der Waals surface area contributed by atoms with E-state index in [1.54, 1.807) is 29.1 Å². The van der Waals surface area contributed by atoms with Gasteiger partial charge in [-0.15, -0.1) is 0 Å². The van der Waals surface area contributed by atoms with E-state index in [4.69, 9.17) is 4.74 Å². The molecule has 0 aliphatic heterocycles. The lowest BCUT2D eigenvalue weighted by Gasteiger charge is -2.06. The van der Waals surface area contributed by atoms with E-state index in [9.17, 15) is 9.59 Å². The Kier molecular flexibility index (Phi) is 8.16. The Hall–Kier alpha value is -3.20. The number of aromatic nitrogens is 1. The molecule has 1 unspecified atom stereocenters. The number of benzene rings is 1. The number of rotatable bonds is 7. The summed E-state index contributed by atoms with van der Waals surface area (Å²) in [7, 11) is 0. The molecule has 6 nitrogen and oxygen atoms in total. The third-order valence-corrected chi connectivity index (χ3v) is 3.92. The third kappa shape index (κ3) is 7.58. The van der Waals surface area contributed by atoms with Crippen molar-refractivity contribution in [2.45, 2.75) is 33.9 Å². The van der Waals surface area contributed by atoms with E-state index in [0.717, 1.165) is 6.42 Å². The predicted octanol–water partition coefficient (Wildman–Crippen LogP) is 3.67. The monoisotopic (exact) mass is 381 g/mol. The maximum atomic E-state index is 12.0. The van der Waals surface area contributed by atoms with Gasteiger partial charge < -0.3 is 10.1 Å². The van der Waals surface area contributed by atoms with E-state index in [2.05, 4.69) is 16.2 Å². The average Bonchev–Trinajstić information content (AvgIpc) is 2.70. The molecule has 0 bridgehead atoms. The van der Waals surface area contributed by atoms with Crippen LogP contribution in [-0.2, 0) is 17.9 Å². The molecule has 2 rings (SSSR count). The second kappa shape index (κ2) is 10.8. The summed E-state index contributed by atoms with van der Waals surface area (Å²) in [6.45, 7) is 6.67. The normalized spacial score (nSPS) is 11.3. The average molecular weight is 381 g/mol. The van der Waals surface area contributed by atoms with Crippen LogP contribution in [0.5, 0.6) is 0 Å². The first-order chi connectivity index (χ1) is 13.4. The summed E-state index contributed by atoms with van der Waals surface area (Å²) in [4.78, 5) is 27.5. The van der Waals surface area contributed by atoms with Crippen LogP contribution in [0.2, 0.25) is 0 Å². The molecule has 0 aliphatic rings. The molecule has 0 spiro atoms. The van der Waals surface area contributed by atoms with Gasteiger partial charge in [-0.2, -0.15) is 9.36 Å². The van der Waals surface area contributed by atoms with Crippen molar-refractivity contribution in [2.75, 3.05) is 6.54 Å². The fourth-order valence-corrected chi connectivity index (χ4v) is 2.43. The van der Waals surface area contributed by atoms with Crippen molar-refractivity contribution in [1.82, 2.24) is 5.32 Å². The van der Waals surface area contributed by atoms with Crippen LogP contribution >= 0.6 is 0 Å². The minimum Gasteiger partial charge on any atom is -0.352 e. The van der Waals surface area contributed by atoms with E-state index in [1.807, 2.05) is 51.1 Å². The Morgan fingerprint density at radius 2 is 1.79 bits per heavy atom. The van der Waals surface area contributed by atoms with E-state index < -0.39 is 6.09 Å². The van der Waals surface area contributed by atoms with Crippen LogP contribution in [0.15, 0.2) is 54.9 Å². The summed E-state index contributed by atoms with van der Waals surface area (Å²) < 4.78 is 6.76. The quantitative estimate of drug-likeness (QED) is 0.745. The number of amides is 2. The standard InChI is InChI=1S/C22H26N3O3/c1-17(2)14-23-21(26)20-9-11-25(12-10-20)16-28-22(27)24-15-18(3)13-19-7-5-4-6-8-19/h4-12,17-18H,13-14,16H2,1-3H3/q+1/p+1. The molecule has 0 aliphatic carbocycles. The van der Waals surface area contributed by atoms with Gasteiger partial charge in [0.1, 0.15) is 0 Å². The number of hydrogen-bond donors (Lipinski definition) is 1. The maximum Gasteiger partial charge on any atom is 0.733 e. The van der Waals surface area contributed by atoms with Gasteiger partial charge in [0.15, 0.2) is 12.4 Å². The summed E-state index contributed by atoms with van der Waals surface area (Å²) in [5, 5.41) is 2.86. The van der Waals surface area contributed by atoms with Crippen LogP contribution in [0, 0.1) is 17.9 Å². The van der Waals surface area contributed by atoms with Gasteiger partial charge >= 0.3 is 12.8 Å². The lowest BCUT2D eigenvalue weighted by Crippen LogP contribution is -2.35. The minimum atomic E-state index is -0.689. The van der Waals surface area contributed by atoms with Crippen LogP contribution in [0.3, 0.4) is 0 Å². The molecule has 2 aromatic rings. The molecule has 146 valence electrons. The molecule has 1 aromatic carbocycles. The second-order valence-electron chi connectivity index (χ2n) is 7.08. The Morgan fingerprint density at radius 3 is 2.43 bits per heavy atom. The zero-order chi connectivity index (χ0) is 20.4. The fourth-order valence-electron chi connectivity index (χ4n) is 2.43. The summed E-state index contributed by atoms with van der Waals surface area (Å²) in [5.74, 6) is 0.278. The molecule has 1 aromatic heterocycles. The van der Waals surface area contributed by atoms with E-state index >= 15 is 0 Å². The molecular formula is C22H27N3O3+2. The van der Waals surface area contributed by atoms with Gasteiger partial charge in [0.05, 0.1) is 16.3 Å². The molecule has 1 atom stereocenters. The lowest BCUT2D eigenvalue weighted by molar-refractivity contribution is -0.727. The zero-order valence-corrected chi connectivity index (χ0v) is 16.6. The number of carbonyl (C=O) groups excluding carboxylic acids is 2. The van der Waals surface area contributed by atoms with Crippen molar-refractivity contribution in [3.8, 4) is 6.07 Å². The smallest absolute Gasteiger partial charge is 0.352 e. The molecule has 0 fully saturated rings. The highest BCUT2D eigenvalue weighted by Crippen LogP contribution is 2.07. The van der Waals surface area contributed by atoms with E-state index in [0.29, 0.717) is 18.0 Å². The first-order valence-corrected chi connectivity index (χ1v) is 9.38. The van der Waals surface area contributed by atoms with Gasteiger partial charge in [-0.25, -0.2) is 0 Å². The molecule has 28 heavy (non-hydrogen) atoms.